The average Bonchev–Trinajstić information content (AvgIpc) is 3.19. The van der Waals surface area contributed by atoms with Gasteiger partial charge >= 0.3 is 11.8 Å². The molecule has 0 fully saturated rings. The summed E-state index contributed by atoms with van der Waals surface area (Å²) in [5.41, 5.74) is 5.54. The SMILES string of the molecule is COc1ccc(C=NNC(=O)C(=O)Nc2ccc(C)cc2)cc1CSc1nnc(C)s1. The van der Waals surface area contributed by atoms with Crippen LogP contribution < -0.4 is 15.5 Å². The van der Waals surface area contributed by atoms with Crippen molar-refractivity contribution in [3.05, 3.63) is 64.2 Å². The fourth-order valence-electron chi connectivity index (χ4n) is 2.51. The van der Waals surface area contributed by atoms with E-state index in [0.29, 0.717) is 11.4 Å². The van der Waals surface area contributed by atoms with Crippen LogP contribution in [-0.2, 0) is 15.3 Å². The number of anilines is 1. The van der Waals surface area contributed by atoms with Crippen LogP contribution in [0.15, 0.2) is 51.9 Å². The van der Waals surface area contributed by atoms with Gasteiger partial charge in [-0.05, 0) is 49.7 Å². The van der Waals surface area contributed by atoms with Crippen molar-refractivity contribution < 1.29 is 14.3 Å². The number of nitrogens with one attached hydrogen (secondary N) is 2. The number of hydrazone groups is 1. The molecule has 0 radical (unpaired) electrons. The van der Waals surface area contributed by atoms with E-state index >= 15 is 0 Å². The number of carbonyl (C=O) groups excluding carboxylic acids is 2. The van der Waals surface area contributed by atoms with Gasteiger partial charge in [0.1, 0.15) is 10.8 Å². The number of aromatic nitrogens is 2. The number of rotatable bonds is 7. The van der Waals surface area contributed by atoms with Crippen molar-refractivity contribution in [1.82, 2.24) is 15.6 Å². The van der Waals surface area contributed by atoms with E-state index in [4.69, 9.17) is 4.74 Å². The molecule has 0 spiro atoms. The van der Waals surface area contributed by atoms with Crippen molar-refractivity contribution in [2.45, 2.75) is 23.9 Å². The lowest BCUT2D eigenvalue weighted by Gasteiger charge is -2.08. The van der Waals surface area contributed by atoms with Crippen molar-refractivity contribution >= 4 is 46.8 Å². The third-order valence-electron chi connectivity index (χ3n) is 4.06. The molecule has 0 bridgehead atoms. The molecule has 0 aliphatic rings. The molecule has 0 aliphatic heterocycles. The van der Waals surface area contributed by atoms with Gasteiger partial charge in [-0.15, -0.1) is 10.2 Å². The smallest absolute Gasteiger partial charge is 0.329 e. The van der Waals surface area contributed by atoms with Crippen LogP contribution in [0.5, 0.6) is 5.75 Å². The third kappa shape index (κ3) is 6.63. The molecular formula is C21H21N5O3S2. The minimum absolute atomic E-state index is 0.539. The van der Waals surface area contributed by atoms with E-state index in [0.717, 1.165) is 31.8 Å². The Bertz CT molecular complexity index is 1100. The maximum Gasteiger partial charge on any atom is 0.329 e. The van der Waals surface area contributed by atoms with E-state index < -0.39 is 11.8 Å². The van der Waals surface area contributed by atoms with Crippen LogP contribution >= 0.6 is 23.1 Å². The lowest BCUT2D eigenvalue weighted by Crippen LogP contribution is -2.32. The normalized spacial score (nSPS) is 10.8. The van der Waals surface area contributed by atoms with Gasteiger partial charge in [0.25, 0.3) is 0 Å². The van der Waals surface area contributed by atoms with E-state index in [-0.39, 0.29) is 0 Å². The molecule has 10 heteroatoms. The van der Waals surface area contributed by atoms with Gasteiger partial charge in [-0.2, -0.15) is 5.10 Å². The predicted molar refractivity (Wildman–Crippen MR) is 123 cm³/mol. The quantitative estimate of drug-likeness (QED) is 0.244. The summed E-state index contributed by atoms with van der Waals surface area (Å²) in [6, 6.07) is 12.7. The van der Waals surface area contributed by atoms with Crippen LogP contribution in [0.1, 0.15) is 21.7 Å². The zero-order valence-electron chi connectivity index (χ0n) is 17.2. The molecule has 2 aromatic carbocycles. The zero-order valence-corrected chi connectivity index (χ0v) is 18.8. The van der Waals surface area contributed by atoms with Crippen LogP contribution in [0, 0.1) is 13.8 Å². The van der Waals surface area contributed by atoms with E-state index in [2.05, 4.69) is 26.0 Å². The van der Waals surface area contributed by atoms with Crippen molar-refractivity contribution in [2.24, 2.45) is 5.10 Å². The minimum Gasteiger partial charge on any atom is -0.496 e. The molecule has 1 aromatic heterocycles. The molecular weight excluding hydrogens is 434 g/mol. The Balaban J connectivity index is 1.58. The van der Waals surface area contributed by atoms with Crippen molar-refractivity contribution in [3.63, 3.8) is 0 Å². The summed E-state index contributed by atoms with van der Waals surface area (Å²) in [5, 5.41) is 15.4. The monoisotopic (exact) mass is 455 g/mol. The van der Waals surface area contributed by atoms with Crippen LogP contribution in [0.4, 0.5) is 5.69 Å². The maximum atomic E-state index is 12.0. The first-order chi connectivity index (χ1) is 14.9. The second kappa shape index (κ2) is 10.7. The van der Waals surface area contributed by atoms with Gasteiger partial charge in [0.15, 0.2) is 4.34 Å². The zero-order chi connectivity index (χ0) is 22.2. The molecule has 0 atom stereocenters. The molecule has 0 saturated carbocycles. The standard InChI is InChI=1S/C21H21N5O3S2/c1-13-4-7-17(8-5-13)23-19(27)20(28)25-22-11-15-6-9-18(29-3)16(10-15)12-30-21-26-24-14(2)31-21/h4-11H,12H2,1-3H3,(H,23,27)(H,25,28). The fraction of sp³-hybridized carbons (Fsp3) is 0.190. The topological polar surface area (TPSA) is 106 Å². The Morgan fingerprint density at radius 3 is 2.58 bits per heavy atom. The molecule has 0 unspecified atom stereocenters. The average molecular weight is 456 g/mol. The Kier molecular flexibility index (Phi) is 7.74. The summed E-state index contributed by atoms with van der Waals surface area (Å²) in [6.45, 7) is 3.85. The predicted octanol–water partition coefficient (Wildman–Crippen LogP) is 3.54. The van der Waals surface area contributed by atoms with Crippen molar-refractivity contribution in [2.75, 3.05) is 12.4 Å². The van der Waals surface area contributed by atoms with Gasteiger partial charge in [-0.1, -0.05) is 40.8 Å². The molecule has 0 saturated heterocycles. The first kappa shape index (κ1) is 22.4. The third-order valence-corrected chi connectivity index (χ3v) is 6.08. The number of amides is 2. The second-order valence-electron chi connectivity index (χ2n) is 6.47. The summed E-state index contributed by atoms with van der Waals surface area (Å²) < 4.78 is 6.30. The number of thioether (sulfide) groups is 1. The maximum absolute atomic E-state index is 12.0. The van der Waals surface area contributed by atoms with E-state index in [1.807, 2.05) is 44.2 Å². The number of nitrogens with zero attached hydrogens (tertiary/aromatic N) is 3. The van der Waals surface area contributed by atoms with Crippen LogP contribution in [-0.4, -0.2) is 35.3 Å². The van der Waals surface area contributed by atoms with E-state index in [1.54, 1.807) is 31.0 Å². The summed E-state index contributed by atoms with van der Waals surface area (Å²) in [4.78, 5) is 23.9. The van der Waals surface area contributed by atoms with Gasteiger partial charge in [-0.3, -0.25) is 9.59 Å². The molecule has 0 aliphatic carbocycles. The summed E-state index contributed by atoms with van der Waals surface area (Å²) >= 11 is 3.10. The molecule has 1 heterocycles. The van der Waals surface area contributed by atoms with E-state index in [9.17, 15) is 9.59 Å². The van der Waals surface area contributed by atoms with Gasteiger partial charge < -0.3 is 10.1 Å². The number of aryl methyl sites for hydroxylation is 2. The number of methoxy groups -OCH3 is 1. The second-order valence-corrected chi connectivity index (χ2v) is 8.87. The van der Waals surface area contributed by atoms with Gasteiger partial charge in [0, 0.05) is 17.0 Å². The first-order valence-electron chi connectivity index (χ1n) is 9.25. The molecule has 2 amide bonds. The minimum atomic E-state index is -0.854. The Morgan fingerprint density at radius 1 is 1.13 bits per heavy atom. The Morgan fingerprint density at radius 2 is 1.90 bits per heavy atom. The Hall–Kier alpha value is -3.24. The molecule has 3 aromatic rings. The number of hydrogen-bond acceptors (Lipinski definition) is 8. The molecule has 31 heavy (non-hydrogen) atoms. The highest BCUT2D eigenvalue weighted by Crippen LogP contribution is 2.30. The lowest BCUT2D eigenvalue weighted by atomic mass is 10.1. The first-order valence-corrected chi connectivity index (χ1v) is 11.1. The van der Waals surface area contributed by atoms with Gasteiger partial charge in [0.2, 0.25) is 0 Å². The van der Waals surface area contributed by atoms with Gasteiger partial charge in [-0.25, -0.2) is 5.43 Å². The molecule has 3 rings (SSSR count). The molecule has 160 valence electrons. The van der Waals surface area contributed by atoms with E-state index in [1.165, 1.54) is 17.6 Å². The number of carbonyl (C=O) groups is 2. The fourth-order valence-corrected chi connectivity index (χ4v) is 4.30. The van der Waals surface area contributed by atoms with Crippen LogP contribution in [0.2, 0.25) is 0 Å². The van der Waals surface area contributed by atoms with Crippen LogP contribution in [0.25, 0.3) is 0 Å². The van der Waals surface area contributed by atoms with Gasteiger partial charge in [0.05, 0.1) is 13.3 Å². The summed E-state index contributed by atoms with van der Waals surface area (Å²) in [5.74, 6) is -0.259. The Labute approximate surface area is 188 Å². The highest BCUT2D eigenvalue weighted by Gasteiger charge is 2.13. The molecule has 8 nitrogen and oxygen atoms in total. The van der Waals surface area contributed by atoms with Crippen molar-refractivity contribution in [1.29, 1.82) is 0 Å². The number of hydrogen-bond donors (Lipinski definition) is 2. The highest BCUT2D eigenvalue weighted by molar-refractivity contribution is 8.00. The summed E-state index contributed by atoms with van der Waals surface area (Å²) in [6.07, 6.45) is 1.47. The number of benzene rings is 2. The van der Waals surface area contributed by atoms with Crippen molar-refractivity contribution in [3.8, 4) is 5.75 Å². The largest absolute Gasteiger partial charge is 0.496 e. The van der Waals surface area contributed by atoms with Crippen LogP contribution in [0.3, 0.4) is 0 Å². The highest BCUT2D eigenvalue weighted by atomic mass is 32.2. The summed E-state index contributed by atoms with van der Waals surface area (Å²) in [7, 11) is 1.61. The number of ether oxygens (including phenoxy) is 1. The lowest BCUT2D eigenvalue weighted by molar-refractivity contribution is -0.136. The molecule has 2 N–H and O–H groups in total.